The Balaban J connectivity index is 2.28. The maximum absolute atomic E-state index is 10.5. The quantitative estimate of drug-likeness (QED) is 0.806. The molecule has 2 heteroatoms. The van der Waals surface area contributed by atoms with Crippen LogP contribution in [0.15, 0.2) is 24.3 Å². The van der Waals surface area contributed by atoms with Gasteiger partial charge in [0.1, 0.15) is 5.75 Å². The summed E-state index contributed by atoms with van der Waals surface area (Å²) in [5.41, 5.74) is 0.361. The minimum absolute atomic E-state index is 0.612. The Bertz CT molecular complexity index is 348. The van der Waals surface area contributed by atoms with Gasteiger partial charge in [-0.2, -0.15) is 0 Å². The van der Waals surface area contributed by atoms with Gasteiger partial charge in [-0.25, -0.2) is 0 Å². The Labute approximate surface area is 90.9 Å². The van der Waals surface area contributed by atoms with Crippen LogP contribution in [0.3, 0.4) is 0 Å². The van der Waals surface area contributed by atoms with Crippen molar-refractivity contribution < 1.29 is 9.84 Å². The Morgan fingerprint density at radius 3 is 2.87 bits per heavy atom. The van der Waals surface area contributed by atoms with Gasteiger partial charge in [0, 0.05) is 0 Å². The van der Waals surface area contributed by atoms with Crippen LogP contribution in [-0.4, -0.2) is 12.2 Å². The first-order valence-corrected chi connectivity index (χ1v) is 5.51. The molecule has 15 heavy (non-hydrogen) atoms. The molecular formula is C13H18O2. The van der Waals surface area contributed by atoms with Gasteiger partial charge in [-0.1, -0.05) is 19.1 Å². The van der Waals surface area contributed by atoms with Crippen LogP contribution in [0.25, 0.3) is 0 Å². The predicted molar refractivity (Wildman–Crippen MR) is 59.9 cm³/mol. The van der Waals surface area contributed by atoms with Gasteiger partial charge in [-0.05, 0) is 42.9 Å². The van der Waals surface area contributed by atoms with Crippen LogP contribution in [-0.2, 0) is 5.60 Å². The lowest BCUT2D eigenvalue weighted by Crippen LogP contribution is -2.21. The molecule has 2 rings (SSSR count). The third kappa shape index (κ3) is 2.00. The monoisotopic (exact) mass is 206 g/mol. The van der Waals surface area contributed by atoms with E-state index in [9.17, 15) is 5.11 Å². The third-order valence-corrected chi connectivity index (χ3v) is 3.34. The van der Waals surface area contributed by atoms with Gasteiger partial charge < -0.3 is 9.84 Å². The van der Waals surface area contributed by atoms with Crippen molar-refractivity contribution in [2.45, 2.75) is 31.8 Å². The summed E-state index contributed by atoms with van der Waals surface area (Å²) in [6.07, 6.45) is 2.83. The maximum Gasteiger partial charge on any atom is 0.119 e. The van der Waals surface area contributed by atoms with Crippen LogP contribution in [0, 0.1) is 5.92 Å². The summed E-state index contributed by atoms with van der Waals surface area (Å²) in [5, 5.41) is 10.5. The Kier molecular flexibility index (Phi) is 2.70. The number of methoxy groups -OCH3 is 1. The summed E-state index contributed by atoms with van der Waals surface area (Å²) in [6, 6.07) is 7.78. The zero-order valence-electron chi connectivity index (χ0n) is 9.36. The lowest BCUT2D eigenvalue weighted by Gasteiger charge is -2.23. The van der Waals surface area contributed by atoms with Gasteiger partial charge in [0.25, 0.3) is 0 Å². The molecular weight excluding hydrogens is 188 g/mol. The largest absolute Gasteiger partial charge is 0.497 e. The molecule has 1 aromatic carbocycles. The van der Waals surface area contributed by atoms with Crippen molar-refractivity contribution in [1.29, 1.82) is 0 Å². The van der Waals surface area contributed by atoms with Crippen molar-refractivity contribution in [3.8, 4) is 5.75 Å². The minimum atomic E-state index is -0.631. The lowest BCUT2D eigenvalue weighted by molar-refractivity contribution is 0.0406. The van der Waals surface area contributed by atoms with E-state index in [1.54, 1.807) is 7.11 Å². The van der Waals surface area contributed by atoms with Crippen LogP contribution in [0.4, 0.5) is 0 Å². The number of ether oxygens (including phenoxy) is 1. The topological polar surface area (TPSA) is 29.5 Å². The van der Waals surface area contributed by atoms with Gasteiger partial charge in [-0.3, -0.25) is 0 Å². The summed E-state index contributed by atoms with van der Waals surface area (Å²) >= 11 is 0. The van der Waals surface area contributed by atoms with Crippen LogP contribution >= 0.6 is 0 Å². The van der Waals surface area contributed by atoms with Crippen molar-refractivity contribution >= 4 is 0 Å². The zero-order valence-corrected chi connectivity index (χ0v) is 9.36. The molecule has 0 bridgehead atoms. The molecule has 0 aliphatic heterocycles. The van der Waals surface area contributed by atoms with E-state index in [0.717, 1.165) is 30.6 Å². The van der Waals surface area contributed by atoms with E-state index < -0.39 is 5.60 Å². The fourth-order valence-corrected chi connectivity index (χ4v) is 2.44. The molecule has 1 N–H and O–H groups in total. The smallest absolute Gasteiger partial charge is 0.119 e. The fourth-order valence-electron chi connectivity index (χ4n) is 2.44. The second-order valence-electron chi connectivity index (χ2n) is 4.61. The van der Waals surface area contributed by atoms with Crippen LogP contribution in [0.1, 0.15) is 31.7 Å². The highest BCUT2D eigenvalue weighted by Crippen LogP contribution is 2.42. The van der Waals surface area contributed by atoms with Gasteiger partial charge in [0.05, 0.1) is 12.7 Å². The van der Waals surface area contributed by atoms with E-state index >= 15 is 0 Å². The average molecular weight is 206 g/mol. The molecule has 0 heterocycles. The van der Waals surface area contributed by atoms with E-state index in [4.69, 9.17) is 4.74 Å². The number of rotatable bonds is 2. The SMILES string of the molecule is COc1cccc([C@]2(O)CC[C@H](C)C2)c1. The first kappa shape index (κ1) is 10.5. The first-order chi connectivity index (χ1) is 7.14. The van der Waals surface area contributed by atoms with Crippen LogP contribution in [0.5, 0.6) is 5.75 Å². The highest BCUT2D eigenvalue weighted by molar-refractivity contribution is 5.32. The molecule has 2 atom stereocenters. The highest BCUT2D eigenvalue weighted by Gasteiger charge is 2.36. The summed E-state index contributed by atoms with van der Waals surface area (Å²) in [7, 11) is 1.65. The van der Waals surface area contributed by atoms with Gasteiger partial charge in [0.15, 0.2) is 0 Å². The molecule has 82 valence electrons. The van der Waals surface area contributed by atoms with E-state index in [1.165, 1.54) is 0 Å². The standard InChI is InChI=1S/C13H18O2/c1-10-6-7-13(14,9-10)11-4-3-5-12(8-11)15-2/h3-5,8,10,14H,6-7,9H2,1-2H3/t10-,13-/m0/s1. The van der Waals surface area contributed by atoms with Crippen molar-refractivity contribution in [3.05, 3.63) is 29.8 Å². The first-order valence-electron chi connectivity index (χ1n) is 5.51. The number of hydrogen-bond donors (Lipinski definition) is 1. The molecule has 2 nitrogen and oxygen atoms in total. The van der Waals surface area contributed by atoms with E-state index in [0.29, 0.717) is 5.92 Å². The van der Waals surface area contributed by atoms with Gasteiger partial charge in [-0.15, -0.1) is 0 Å². The van der Waals surface area contributed by atoms with Crippen molar-refractivity contribution in [1.82, 2.24) is 0 Å². The molecule has 0 aromatic heterocycles. The molecule has 0 saturated heterocycles. The summed E-state index contributed by atoms with van der Waals surface area (Å²) < 4.78 is 5.18. The number of hydrogen-bond acceptors (Lipinski definition) is 2. The summed E-state index contributed by atoms with van der Waals surface area (Å²) in [4.78, 5) is 0. The van der Waals surface area contributed by atoms with Crippen molar-refractivity contribution in [2.75, 3.05) is 7.11 Å². The fraction of sp³-hybridized carbons (Fsp3) is 0.538. The Morgan fingerprint density at radius 2 is 2.27 bits per heavy atom. The van der Waals surface area contributed by atoms with Crippen LogP contribution < -0.4 is 4.74 Å². The Hall–Kier alpha value is -1.02. The van der Waals surface area contributed by atoms with E-state index in [2.05, 4.69) is 6.92 Å². The van der Waals surface area contributed by atoms with Crippen molar-refractivity contribution in [3.63, 3.8) is 0 Å². The molecule has 1 aromatic rings. The molecule has 0 amide bonds. The normalized spacial score (nSPS) is 30.5. The van der Waals surface area contributed by atoms with E-state index in [1.807, 2.05) is 24.3 Å². The van der Waals surface area contributed by atoms with E-state index in [-0.39, 0.29) is 0 Å². The molecule has 0 radical (unpaired) electrons. The average Bonchev–Trinajstić information content (AvgIpc) is 2.60. The van der Waals surface area contributed by atoms with Gasteiger partial charge in [0.2, 0.25) is 0 Å². The molecule has 1 fully saturated rings. The summed E-state index contributed by atoms with van der Waals surface area (Å²) in [5.74, 6) is 1.43. The summed E-state index contributed by atoms with van der Waals surface area (Å²) in [6.45, 7) is 2.19. The third-order valence-electron chi connectivity index (χ3n) is 3.34. The maximum atomic E-state index is 10.5. The molecule has 1 saturated carbocycles. The number of aliphatic hydroxyl groups is 1. The van der Waals surface area contributed by atoms with Crippen LogP contribution in [0.2, 0.25) is 0 Å². The Morgan fingerprint density at radius 1 is 1.47 bits per heavy atom. The highest BCUT2D eigenvalue weighted by atomic mass is 16.5. The zero-order chi connectivity index (χ0) is 10.9. The molecule has 0 spiro atoms. The molecule has 1 aliphatic carbocycles. The molecule has 0 unspecified atom stereocenters. The predicted octanol–water partition coefficient (Wildman–Crippen LogP) is 2.70. The second-order valence-corrected chi connectivity index (χ2v) is 4.61. The number of benzene rings is 1. The minimum Gasteiger partial charge on any atom is -0.497 e. The van der Waals surface area contributed by atoms with Crippen molar-refractivity contribution in [2.24, 2.45) is 5.92 Å². The lowest BCUT2D eigenvalue weighted by atomic mass is 9.91. The van der Waals surface area contributed by atoms with Gasteiger partial charge >= 0.3 is 0 Å². The second kappa shape index (κ2) is 3.86. The molecule has 1 aliphatic rings.